The van der Waals surface area contributed by atoms with Crippen LogP contribution >= 0.6 is 23.1 Å². The van der Waals surface area contributed by atoms with Gasteiger partial charge in [0.2, 0.25) is 5.91 Å². The van der Waals surface area contributed by atoms with Crippen LogP contribution in [0.2, 0.25) is 0 Å². The number of nitrogens with zero attached hydrogens (tertiary/aromatic N) is 2. The molecule has 1 amide bonds. The van der Waals surface area contributed by atoms with Gasteiger partial charge in [0.05, 0.1) is 5.69 Å². The van der Waals surface area contributed by atoms with E-state index in [2.05, 4.69) is 22.7 Å². The van der Waals surface area contributed by atoms with Crippen molar-refractivity contribution in [3.63, 3.8) is 0 Å². The molecular formula is C17H22N2O2S2. The van der Waals surface area contributed by atoms with Gasteiger partial charge in [-0.3, -0.25) is 4.79 Å². The Morgan fingerprint density at radius 2 is 2.30 bits per heavy atom. The highest BCUT2D eigenvalue weighted by Gasteiger charge is 2.23. The van der Waals surface area contributed by atoms with E-state index in [1.54, 1.807) is 0 Å². The third kappa shape index (κ3) is 3.98. The minimum atomic E-state index is 0.248. The number of amides is 1. The average molecular weight is 351 g/mol. The number of hydrogen-bond acceptors (Lipinski definition) is 5. The summed E-state index contributed by atoms with van der Waals surface area (Å²) in [5.41, 5.74) is 1.98. The fourth-order valence-electron chi connectivity index (χ4n) is 2.97. The maximum absolute atomic E-state index is 12.5. The van der Waals surface area contributed by atoms with Crippen LogP contribution < -0.4 is 0 Å². The molecule has 1 unspecified atom stereocenters. The molecule has 0 spiro atoms. The van der Waals surface area contributed by atoms with Crippen LogP contribution in [0.25, 0.3) is 0 Å². The van der Waals surface area contributed by atoms with E-state index >= 15 is 0 Å². The molecule has 124 valence electrons. The summed E-state index contributed by atoms with van der Waals surface area (Å²) in [5.74, 6) is 2.09. The SMILES string of the molecule is Cc1noc(C)c1CCC(=O)N1CCSC(c2cccs2)CC1. The average Bonchev–Trinajstić information content (AvgIpc) is 3.10. The lowest BCUT2D eigenvalue weighted by atomic mass is 10.1. The van der Waals surface area contributed by atoms with Crippen LogP contribution in [0.3, 0.4) is 0 Å². The lowest BCUT2D eigenvalue weighted by Crippen LogP contribution is -2.33. The topological polar surface area (TPSA) is 46.3 Å². The molecule has 0 saturated carbocycles. The maximum atomic E-state index is 12.5. The van der Waals surface area contributed by atoms with Gasteiger partial charge in [-0.2, -0.15) is 11.8 Å². The molecule has 23 heavy (non-hydrogen) atoms. The number of thiophene rings is 1. The quantitative estimate of drug-likeness (QED) is 0.836. The molecule has 1 atom stereocenters. The summed E-state index contributed by atoms with van der Waals surface area (Å²) in [6.45, 7) is 5.56. The normalized spacial score (nSPS) is 18.9. The van der Waals surface area contributed by atoms with E-state index in [0.717, 1.165) is 48.7 Å². The highest BCUT2D eigenvalue weighted by atomic mass is 32.2. The summed E-state index contributed by atoms with van der Waals surface area (Å²) in [6, 6.07) is 4.31. The van der Waals surface area contributed by atoms with Crippen molar-refractivity contribution < 1.29 is 9.32 Å². The van der Waals surface area contributed by atoms with E-state index in [-0.39, 0.29) is 5.91 Å². The molecule has 0 aromatic carbocycles. The molecule has 4 nitrogen and oxygen atoms in total. The number of aryl methyl sites for hydroxylation is 2. The van der Waals surface area contributed by atoms with E-state index in [1.807, 2.05) is 41.8 Å². The van der Waals surface area contributed by atoms with Gasteiger partial charge in [0.25, 0.3) is 0 Å². The molecule has 2 aromatic rings. The summed E-state index contributed by atoms with van der Waals surface area (Å²) < 4.78 is 5.17. The molecule has 1 fully saturated rings. The molecule has 3 heterocycles. The zero-order valence-corrected chi connectivity index (χ0v) is 15.2. The van der Waals surface area contributed by atoms with Gasteiger partial charge in [-0.25, -0.2) is 0 Å². The summed E-state index contributed by atoms with van der Waals surface area (Å²) in [6.07, 6.45) is 2.30. The first kappa shape index (κ1) is 16.6. The van der Waals surface area contributed by atoms with Gasteiger partial charge in [0, 0.05) is 41.0 Å². The van der Waals surface area contributed by atoms with Gasteiger partial charge < -0.3 is 9.42 Å². The van der Waals surface area contributed by atoms with Crippen LogP contribution in [-0.2, 0) is 11.2 Å². The molecule has 1 aliphatic rings. The summed E-state index contributed by atoms with van der Waals surface area (Å²) in [5, 5.41) is 6.63. The number of aromatic nitrogens is 1. The minimum Gasteiger partial charge on any atom is -0.361 e. The zero-order valence-electron chi connectivity index (χ0n) is 13.6. The van der Waals surface area contributed by atoms with Gasteiger partial charge in [0.15, 0.2) is 0 Å². The van der Waals surface area contributed by atoms with Crippen LogP contribution in [0.5, 0.6) is 0 Å². The summed E-state index contributed by atoms with van der Waals surface area (Å²) >= 11 is 3.79. The molecule has 0 bridgehead atoms. The van der Waals surface area contributed by atoms with E-state index in [4.69, 9.17) is 4.52 Å². The number of carbonyl (C=O) groups excluding carboxylic acids is 1. The van der Waals surface area contributed by atoms with Crippen molar-refractivity contribution >= 4 is 29.0 Å². The molecule has 3 rings (SSSR count). The first-order valence-corrected chi connectivity index (χ1v) is 9.92. The second-order valence-corrected chi connectivity index (χ2v) is 8.14. The molecular weight excluding hydrogens is 328 g/mol. The van der Waals surface area contributed by atoms with Crippen molar-refractivity contribution in [1.29, 1.82) is 0 Å². The van der Waals surface area contributed by atoms with Crippen molar-refractivity contribution in [2.24, 2.45) is 0 Å². The maximum Gasteiger partial charge on any atom is 0.222 e. The minimum absolute atomic E-state index is 0.248. The summed E-state index contributed by atoms with van der Waals surface area (Å²) in [7, 11) is 0. The van der Waals surface area contributed by atoms with E-state index in [9.17, 15) is 4.79 Å². The number of rotatable bonds is 4. The Balaban J connectivity index is 1.54. The Labute approximate surface area is 145 Å². The highest BCUT2D eigenvalue weighted by molar-refractivity contribution is 7.99. The predicted octanol–water partition coefficient (Wildman–Crippen LogP) is 3.99. The van der Waals surface area contributed by atoms with Crippen molar-refractivity contribution in [1.82, 2.24) is 10.1 Å². The zero-order chi connectivity index (χ0) is 16.2. The van der Waals surface area contributed by atoms with Crippen molar-refractivity contribution in [2.75, 3.05) is 18.8 Å². The van der Waals surface area contributed by atoms with Crippen molar-refractivity contribution in [2.45, 2.75) is 38.4 Å². The Bertz CT molecular complexity index is 632. The van der Waals surface area contributed by atoms with E-state index in [0.29, 0.717) is 11.7 Å². The highest BCUT2D eigenvalue weighted by Crippen LogP contribution is 2.36. The molecule has 0 N–H and O–H groups in total. The van der Waals surface area contributed by atoms with Crippen molar-refractivity contribution in [3.8, 4) is 0 Å². The first-order valence-electron chi connectivity index (χ1n) is 7.99. The van der Waals surface area contributed by atoms with Gasteiger partial charge in [-0.1, -0.05) is 11.2 Å². The fraction of sp³-hybridized carbons (Fsp3) is 0.529. The number of carbonyl (C=O) groups is 1. The lowest BCUT2D eigenvalue weighted by molar-refractivity contribution is -0.130. The first-order chi connectivity index (χ1) is 11.1. The summed E-state index contributed by atoms with van der Waals surface area (Å²) in [4.78, 5) is 16.0. The number of thioether (sulfide) groups is 1. The van der Waals surface area contributed by atoms with Crippen molar-refractivity contribution in [3.05, 3.63) is 39.4 Å². The van der Waals surface area contributed by atoms with E-state index in [1.165, 1.54) is 4.88 Å². The Morgan fingerprint density at radius 3 is 3.00 bits per heavy atom. The van der Waals surface area contributed by atoms with Crippen LogP contribution in [0.4, 0.5) is 0 Å². The third-order valence-electron chi connectivity index (χ3n) is 4.32. The largest absolute Gasteiger partial charge is 0.361 e. The molecule has 1 aliphatic heterocycles. The second-order valence-electron chi connectivity index (χ2n) is 5.85. The standard InChI is InChI=1S/C17H22N2O2S2/c1-12-14(13(2)21-18-12)5-6-17(20)19-8-7-16(23-11-9-19)15-4-3-10-22-15/h3-4,10,16H,5-9,11H2,1-2H3. The fourth-order valence-corrected chi connectivity index (χ4v) is 5.21. The van der Waals surface area contributed by atoms with Gasteiger partial charge in [-0.05, 0) is 38.1 Å². The molecule has 6 heteroatoms. The lowest BCUT2D eigenvalue weighted by Gasteiger charge is -2.20. The Morgan fingerprint density at radius 1 is 1.43 bits per heavy atom. The third-order valence-corrected chi connectivity index (χ3v) is 6.77. The smallest absolute Gasteiger partial charge is 0.222 e. The monoisotopic (exact) mass is 350 g/mol. The predicted molar refractivity (Wildman–Crippen MR) is 95.0 cm³/mol. The Kier molecular flexibility index (Phi) is 5.43. The molecule has 2 aromatic heterocycles. The molecule has 1 saturated heterocycles. The van der Waals surface area contributed by atoms with Gasteiger partial charge >= 0.3 is 0 Å². The van der Waals surface area contributed by atoms with Crippen LogP contribution in [0.1, 0.15) is 40.0 Å². The van der Waals surface area contributed by atoms with Gasteiger partial charge in [-0.15, -0.1) is 11.3 Å². The van der Waals surface area contributed by atoms with E-state index < -0.39 is 0 Å². The molecule has 0 aliphatic carbocycles. The number of hydrogen-bond donors (Lipinski definition) is 0. The second kappa shape index (κ2) is 7.53. The van der Waals surface area contributed by atoms with Crippen LogP contribution in [-0.4, -0.2) is 34.8 Å². The van der Waals surface area contributed by atoms with Gasteiger partial charge in [0.1, 0.15) is 5.76 Å². The van der Waals surface area contributed by atoms with Crippen LogP contribution in [0, 0.1) is 13.8 Å². The van der Waals surface area contributed by atoms with Crippen LogP contribution in [0.15, 0.2) is 22.0 Å². The Hall–Kier alpha value is -1.27. The molecule has 0 radical (unpaired) electrons.